The van der Waals surface area contributed by atoms with Crippen molar-refractivity contribution in [1.82, 2.24) is 10.3 Å². The molecule has 3 rings (SSSR count). The highest BCUT2D eigenvalue weighted by molar-refractivity contribution is 7.84. The van der Waals surface area contributed by atoms with Crippen molar-refractivity contribution in [3.05, 3.63) is 28.3 Å². The molecule has 21 heavy (non-hydrogen) atoms. The zero-order valence-corrected chi connectivity index (χ0v) is 12.6. The monoisotopic (exact) mass is 331 g/mol. The number of rotatable bonds is 4. The first-order valence-corrected chi connectivity index (χ1v) is 7.59. The second-order valence-corrected chi connectivity index (χ2v) is 6.13. The van der Waals surface area contributed by atoms with Gasteiger partial charge < -0.3 is 9.73 Å². The first kappa shape index (κ1) is 15.9. The van der Waals surface area contributed by atoms with E-state index in [0.29, 0.717) is 22.8 Å². The molecular weight excluding hydrogens is 318 g/mol. The van der Waals surface area contributed by atoms with Crippen LogP contribution in [0.1, 0.15) is 6.42 Å². The van der Waals surface area contributed by atoms with Crippen LogP contribution in [0.5, 0.6) is 0 Å². The fraction of sp³-hybridized carbons (Fsp3) is 0.417. The van der Waals surface area contributed by atoms with Gasteiger partial charge in [-0.25, -0.2) is 9.19 Å². The molecule has 0 aliphatic carbocycles. The SMILES string of the molecule is Cl.O=[N+]([O-])c1ccc2oc(S(=O)CC3CCNC3)nc2c1. The lowest BCUT2D eigenvalue weighted by Crippen LogP contribution is -2.15. The third-order valence-electron chi connectivity index (χ3n) is 3.31. The van der Waals surface area contributed by atoms with Gasteiger partial charge in [-0.05, 0) is 31.5 Å². The molecule has 114 valence electrons. The Bertz CT molecular complexity index is 684. The lowest BCUT2D eigenvalue weighted by molar-refractivity contribution is -0.384. The van der Waals surface area contributed by atoms with Gasteiger partial charge in [-0.2, -0.15) is 0 Å². The number of hydrogen-bond acceptors (Lipinski definition) is 6. The molecule has 1 aromatic heterocycles. The first-order valence-electron chi connectivity index (χ1n) is 6.27. The second kappa shape index (κ2) is 6.50. The van der Waals surface area contributed by atoms with E-state index in [1.807, 2.05) is 0 Å². The van der Waals surface area contributed by atoms with E-state index in [4.69, 9.17) is 4.42 Å². The van der Waals surface area contributed by atoms with Crippen LogP contribution >= 0.6 is 12.4 Å². The summed E-state index contributed by atoms with van der Waals surface area (Å²) >= 11 is 0. The summed E-state index contributed by atoms with van der Waals surface area (Å²) in [4.78, 5) is 14.3. The summed E-state index contributed by atoms with van der Waals surface area (Å²) in [6.45, 7) is 1.80. The number of fused-ring (bicyclic) bond motifs is 1. The van der Waals surface area contributed by atoms with Gasteiger partial charge in [-0.15, -0.1) is 12.4 Å². The highest BCUT2D eigenvalue weighted by atomic mass is 35.5. The summed E-state index contributed by atoms with van der Waals surface area (Å²) in [6, 6.07) is 4.16. The molecule has 1 saturated heterocycles. The van der Waals surface area contributed by atoms with Crippen molar-refractivity contribution in [2.75, 3.05) is 18.8 Å². The van der Waals surface area contributed by atoms with Gasteiger partial charge in [0, 0.05) is 17.9 Å². The molecule has 1 aliphatic rings. The van der Waals surface area contributed by atoms with Crippen molar-refractivity contribution >= 4 is 40.0 Å². The number of hydrogen-bond donors (Lipinski definition) is 1. The quantitative estimate of drug-likeness (QED) is 0.678. The van der Waals surface area contributed by atoms with Crippen LogP contribution in [0.3, 0.4) is 0 Å². The Morgan fingerprint density at radius 3 is 3.00 bits per heavy atom. The molecule has 7 nitrogen and oxygen atoms in total. The molecule has 2 heterocycles. The van der Waals surface area contributed by atoms with Crippen LogP contribution in [0.25, 0.3) is 11.1 Å². The predicted molar refractivity (Wildman–Crippen MR) is 80.2 cm³/mol. The Labute approximate surface area is 129 Å². The maximum absolute atomic E-state index is 12.2. The van der Waals surface area contributed by atoms with Crippen LogP contribution in [-0.4, -0.2) is 33.0 Å². The minimum absolute atomic E-state index is 0. The fourth-order valence-corrected chi connectivity index (χ4v) is 3.49. The number of nitro groups is 1. The van der Waals surface area contributed by atoms with Crippen LogP contribution < -0.4 is 5.32 Å². The Balaban J connectivity index is 0.00000161. The molecule has 1 fully saturated rings. The van der Waals surface area contributed by atoms with E-state index in [1.54, 1.807) is 0 Å². The van der Waals surface area contributed by atoms with Crippen molar-refractivity contribution in [3.8, 4) is 0 Å². The molecule has 2 atom stereocenters. The number of nitrogens with one attached hydrogen (secondary N) is 1. The largest absolute Gasteiger partial charge is 0.430 e. The van der Waals surface area contributed by atoms with Gasteiger partial charge in [0.25, 0.3) is 10.9 Å². The minimum atomic E-state index is -1.31. The van der Waals surface area contributed by atoms with Gasteiger partial charge in [0.1, 0.15) is 16.3 Å². The van der Waals surface area contributed by atoms with E-state index in [9.17, 15) is 14.3 Å². The van der Waals surface area contributed by atoms with Crippen molar-refractivity contribution in [1.29, 1.82) is 0 Å². The fourth-order valence-electron chi connectivity index (χ4n) is 2.25. The second-order valence-electron chi connectivity index (χ2n) is 4.76. The van der Waals surface area contributed by atoms with Gasteiger partial charge in [0.2, 0.25) is 0 Å². The first-order chi connectivity index (χ1) is 9.63. The molecule has 0 bridgehead atoms. The van der Waals surface area contributed by atoms with Crippen molar-refractivity contribution in [2.45, 2.75) is 11.6 Å². The number of aromatic nitrogens is 1. The zero-order chi connectivity index (χ0) is 14.1. The summed E-state index contributed by atoms with van der Waals surface area (Å²) in [7, 11) is -1.31. The maximum Gasteiger partial charge on any atom is 0.287 e. The highest BCUT2D eigenvalue weighted by Crippen LogP contribution is 2.23. The molecule has 2 unspecified atom stereocenters. The standard InChI is InChI=1S/C12H13N3O4S.ClH/c16-15(17)9-1-2-11-10(5-9)14-12(19-11)20(18)7-8-3-4-13-6-8;/h1-2,5,8,13H,3-4,6-7H2;1H. The Hall–Kier alpha value is -1.51. The zero-order valence-electron chi connectivity index (χ0n) is 11.0. The van der Waals surface area contributed by atoms with Crippen LogP contribution in [0, 0.1) is 16.0 Å². The molecule has 0 spiro atoms. The van der Waals surface area contributed by atoms with E-state index >= 15 is 0 Å². The van der Waals surface area contributed by atoms with Crippen LogP contribution in [-0.2, 0) is 10.8 Å². The van der Waals surface area contributed by atoms with Gasteiger partial charge in [0.15, 0.2) is 5.58 Å². The molecule has 0 amide bonds. The van der Waals surface area contributed by atoms with Crippen molar-refractivity contribution in [2.24, 2.45) is 5.92 Å². The van der Waals surface area contributed by atoms with E-state index in [2.05, 4.69) is 10.3 Å². The van der Waals surface area contributed by atoms with Crippen LogP contribution in [0.2, 0.25) is 0 Å². The Morgan fingerprint density at radius 1 is 1.52 bits per heavy atom. The normalized spacial score (nSPS) is 19.3. The van der Waals surface area contributed by atoms with E-state index in [0.717, 1.165) is 19.5 Å². The highest BCUT2D eigenvalue weighted by Gasteiger charge is 2.21. The van der Waals surface area contributed by atoms with E-state index in [-0.39, 0.29) is 23.3 Å². The molecule has 1 aliphatic heterocycles. The number of oxazole rings is 1. The summed E-state index contributed by atoms with van der Waals surface area (Å²) in [5.74, 6) is 0.863. The lowest BCUT2D eigenvalue weighted by atomic mass is 10.2. The van der Waals surface area contributed by atoms with Crippen molar-refractivity contribution < 1.29 is 13.5 Å². The third-order valence-corrected chi connectivity index (χ3v) is 4.64. The van der Waals surface area contributed by atoms with Crippen molar-refractivity contribution in [3.63, 3.8) is 0 Å². The number of nitro benzene ring substituents is 1. The molecule has 2 aromatic rings. The summed E-state index contributed by atoms with van der Waals surface area (Å²) < 4.78 is 17.6. The smallest absolute Gasteiger partial charge is 0.287 e. The minimum Gasteiger partial charge on any atom is -0.430 e. The summed E-state index contributed by atoms with van der Waals surface area (Å²) in [5, 5.41) is 14.1. The summed E-state index contributed by atoms with van der Waals surface area (Å²) in [5.41, 5.74) is 0.735. The van der Waals surface area contributed by atoms with Crippen LogP contribution in [0.15, 0.2) is 27.8 Å². The number of non-ortho nitro benzene ring substituents is 1. The average molecular weight is 332 g/mol. The van der Waals surface area contributed by atoms with E-state index < -0.39 is 15.7 Å². The average Bonchev–Trinajstić information content (AvgIpc) is 3.05. The van der Waals surface area contributed by atoms with Gasteiger partial charge in [0.05, 0.1) is 4.92 Å². The lowest BCUT2D eigenvalue weighted by Gasteiger charge is -2.04. The molecule has 9 heteroatoms. The third kappa shape index (κ3) is 3.39. The number of benzene rings is 1. The molecule has 1 aromatic carbocycles. The maximum atomic E-state index is 12.2. The van der Waals surface area contributed by atoms with Gasteiger partial charge in [-0.1, -0.05) is 0 Å². The molecular formula is C12H14ClN3O4S. The molecule has 0 saturated carbocycles. The van der Waals surface area contributed by atoms with Gasteiger partial charge >= 0.3 is 0 Å². The van der Waals surface area contributed by atoms with Gasteiger partial charge in [-0.3, -0.25) is 10.1 Å². The molecule has 0 radical (unpaired) electrons. The Morgan fingerprint density at radius 2 is 2.33 bits per heavy atom. The summed E-state index contributed by atoms with van der Waals surface area (Å²) in [6.07, 6.45) is 0.997. The predicted octanol–water partition coefficient (Wildman–Crippen LogP) is 1.87. The topological polar surface area (TPSA) is 98.3 Å². The number of halogens is 1. The van der Waals surface area contributed by atoms with Crippen LogP contribution in [0.4, 0.5) is 5.69 Å². The van der Waals surface area contributed by atoms with E-state index in [1.165, 1.54) is 18.2 Å². The Kier molecular flexibility index (Phi) is 4.92. The number of nitrogens with zero attached hydrogens (tertiary/aromatic N) is 2. The molecule has 1 N–H and O–H groups in total.